The third-order valence-electron chi connectivity index (χ3n) is 3.45. The number of aromatic nitrogens is 2. The van der Waals surface area contributed by atoms with Gasteiger partial charge in [-0.3, -0.25) is 4.79 Å². The second kappa shape index (κ2) is 5.32. The molecule has 0 fully saturated rings. The lowest BCUT2D eigenvalue weighted by atomic mass is 9.98. The summed E-state index contributed by atoms with van der Waals surface area (Å²) in [5.74, 6) is -0.410. The molecule has 1 amide bonds. The van der Waals surface area contributed by atoms with E-state index in [1.807, 2.05) is 0 Å². The van der Waals surface area contributed by atoms with Gasteiger partial charge in [0.2, 0.25) is 5.91 Å². The van der Waals surface area contributed by atoms with Crippen molar-refractivity contribution in [1.29, 1.82) is 0 Å². The van der Waals surface area contributed by atoms with Crippen LogP contribution in [0.15, 0.2) is 36.7 Å². The van der Waals surface area contributed by atoms with E-state index in [1.165, 1.54) is 6.07 Å². The number of carbonyl (C=O) groups excluding carboxylic acids is 1. The molecule has 3 rings (SSSR count). The quantitative estimate of drug-likeness (QED) is 0.926. The fourth-order valence-electron chi connectivity index (χ4n) is 2.42. The van der Waals surface area contributed by atoms with Crippen LogP contribution < -0.4 is 4.90 Å². The van der Waals surface area contributed by atoms with E-state index >= 15 is 0 Å². The van der Waals surface area contributed by atoms with E-state index in [2.05, 4.69) is 9.97 Å². The van der Waals surface area contributed by atoms with Gasteiger partial charge in [-0.15, -0.1) is 0 Å². The molecule has 1 aliphatic heterocycles. The maximum Gasteiger partial charge on any atom is 0.335 e. The number of carboxylic acid groups (broad SMARTS) is 1. The molecule has 0 saturated heterocycles. The van der Waals surface area contributed by atoms with E-state index in [1.54, 1.807) is 35.5 Å². The van der Waals surface area contributed by atoms with Crippen LogP contribution in [0.2, 0.25) is 0 Å². The summed E-state index contributed by atoms with van der Waals surface area (Å²) in [5.41, 5.74) is 1.84. The normalized spacial score (nSPS) is 13.9. The topological polar surface area (TPSA) is 83.4 Å². The summed E-state index contributed by atoms with van der Waals surface area (Å²) >= 11 is 0. The zero-order chi connectivity index (χ0) is 14.8. The average molecular weight is 283 g/mol. The Bertz CT molecular complexity index is 701. The van der Waals surface area contributed by atoms with Crippen LogP contribution in [0.5, 0.6) is 0 Å². The van der Waals surface area contributed by atoms with Crippen LogP contribution in [-0.4, -0.2) is 27.0 Å². The van der Waals surface area contributed by atoms with Gasteiger partial charge >= 0.3 is 5.97 Å². The lowest BCUT2D eigenvalue weighted by Crippen LogP contribution is -2.35. The van der Waals surface area contributed by atoms with Crippen LogP contribution in [0.4, 0.5) is 5.69 Å². The highest BCUT2D eigenvalue weighted by Crippen LogP contribution is 2.29. The minimum atomic E-state index is -0.965. The first kappa shape index (κ1) is 13.2. The second-order valence-electron chi connectivity index (χ2n) is 4.79. The lowest BCUT2D eigenvalue weighted by Gasteiger charge is -2.29. The van der Waals surface area contributed by atoms with Crippen molar-refractivity contribution in [3.05, 3.63) is 53.6 Å². The number of amides is 1. The van der Waals surface area contributed by atoms with Crippen LogP contribution in [0.25, 0.3) is 0 Å². The van der Waals surface area contributed by atoms with Crippen LogP contribution >= 0.6 is 0 Å². The summed E-state index contributed by atoms with van der Waals surface area (Å²) in [6, 6.07) is 6.54. The molecule has 6 heteroatoms. The average Bonchev–Trinajstić information content (AvgIpc) is 2.50. The van der Waals surface area contributed by atoms with Gasteiger partial charge in [-0.1, -0.05) is 0 Å². The molecule has 2 aromatic rings. The van der Waals surface area contributed by atoms with Gasteiger partial charge < -0.3 is 10.0 Å². The molecule has 6 nitrogen and oxygen atoms in total. The summed E-state index contributed by atoms with van der Waals surface area (Å²) in [6.07, 6.45) is 4.18. The molecule has 1 aromatic heterocycles. The van der Waals surface area contributed by atoms with Crippen molar-refractivity contribution in [2.24, 2.45) is 0 Å². The van der Waals surface area contributed by atoms with Crippen molar-refractivity contribution < 1.29 is 14.7 Å². The second-order valence-corrected chi connectivity index (χ2v) is 4.79. The molecule has 2 heterocycles. The number of hydrogen-bond acceptors (Lipinski definition) is 4. The Labute approximate surface area is 121 Å². The molecule has 0 saturated carbocycles. The Morgan fingerprint density at radius 3 is 2.71 bits per heavy atom. The molecule has 0 unspecified atom stereocenters. The van der Waals surface area contributed by atoms with Crippen molar-refractivity contribution in [2.45, 2.75) is 19.4 Å². The van der Waals surface area contributed by atoms with Crippen LogP contribution in [0, 0.1) is 0 Å². The minimum absolute atomic E-state index is 0.00183. The van der Waals surface area contributed by atoms with Gasteiger partial charge in [-0.05, 0) is 36.2 Å². The van der Waals surface area contributed by atoms with E-state index in [4.69, 9.17) is 5.11 Å². The molecule has 0 spiro atoms. The number of carboxylic acids is 1. The largest absolute Gasteiger partial charge is 0.478 e. The Morgan fingerprint density at radius 1 is 1.24 bits per heavy atom. The van der Waals surface area contributed by atoms with E-state index in [0.29, 0.717) is 25.2 Å². The number of hydrogen-bond donors (Lipinski definition) is 1. The van der Waals surface area contributed by atoms with Gasteiger partial charge in [-0.2, -0.15) is 0 Å². The minimum Gasteiger partial charge on any atom is -0.478 e. The van der Waals surface area contributed by atoms with Gasteiger partial charge in [0.05, 0.1) is 12.1 Å². The number of benzene rings is 1. The zero-order valence-corrected chi connectivity index (χ0v) is 11.2. The fraction of sp³-hybridized carbons (Fsp3) is 0.200. The molecular weight excluding hydrogens is 270 g/mol. The smallest absolute Gasteiger partial charge is 0.335 e. The van der Waals surface area contributed by atoms with Crippen molar-refractivity contribution >= 4 is 17.6 Å². The number of fused-ring (bicyclic) bond motifs is 1. The predicted molar refractivity (Wildman–Crippen MR) is 74.9 cm³/mol. The number of anilines is 1. The summed E-state index contributed by atoms with van der Waals surface area (Å²) in [7, 11) is 0. The zero-order valence-electron chi connectivity index (χ0n) is 11.2. The molecule has 106 valence electrons. The number of aryl methyl sites for hydroxylation is 1. The molecule has 1 aliphatic rings. The number of rotatable bonds is 3. The standard InChI is InChI=1S/C15H13N3O3/c19-14-5-3-10-8-11(15(20)21)2-4-12(10)18(14)9-13-16-6-1-7-17-13/h1-2,4,6-8H,3,5,9H2,(H,20,21). The molecule has 0 aliphatic carbocycles. The fourth-order valence-corrected chi connectivity index (χ4v) is 2.42. The first-order chi connectivity index (χ1) is 10.1. The number of nitrogens with zero attached hydrogens (tertiary/aromatic N) is 3. The molecule has 0 atom stereocenters. The Balaban J connectivity index is 1.95. The SMILES string of the molecule is O=C(O)c1ccc2c(c1)CCC(=O)N2Cc1ncccn1. The highest BCUT2D eigenvalue weighted by atomic mass is 16.4. The van der Waals surface area contributed by atoms with Crippen LogP contribution in [0.1, 0.15) is 28.2 Å². The Kier molecular flexibility index (Phi) is 3.35. The van der Waals surface area contributed by atoms with E-state index in [-0.39, 0.29) is 11.5 Å². The third kappa shape index (κ3) is 2.60. The maximum atomic E-state index is 12.1. The lowest BCUT2D eigenvalue weighted by molar-refractivity contribution is -0.119. The van der Waals surface area contributed by atoms with Crippen molar-refractivity contribution in [2.75, 3.05) is 4.90 Å². The van der Waals surface area contributed by atoms with Crippen molar-refractivity contribution in [3.8, 4) is 0 Å². The number of carbonyl (C=O) groups is 2. The molecular formula is C15H13N3O3. The van der Waals surface area contributed by atoms with Gasteiger partial charge in [-0.25, -0.2) is 14.8 Å². The predicted octanol–water partition coefficient (Wildman–Crippen LogP) is 1.65. The summed E-state index contributed by atoms with van der Waals surface area (Å²) in [5, 5.41) is 9.04. The Morgan fingerprint density at radius 2 is 2.00 bits per heavy atom. The monoisotopic (exact) mass is 283 g/mol. The Hall–Kier alpha value is -2.76. The first-order valence-corrected chi connectivity index (χ1v) is 6.57. The van der Waals surface area contributed by atoms with E-state index in [0.717, 1.165) is 11.3 Å². The molecule has 1 aromatic carbocycles. The van der Waals surface area contributed by atoms with E-state index < -0.39 is 5.97 Å². The molecule has 21 heavy (non-hydrogen) atoms. The third-order valence-corrected chi connectivity index (χ3v) is 3.45. The summed E-state index contributed by atoms with van der Waals surface area (Å²) in [6.45, 7) is 0.291. The van der Waals surface area contributed by atoms with E-state index in [9.17, 15) is 9.59 Å². The van der Waals surface area contributed by atoms with Gasteiger partial charge in [0.1, 0.15) is 5.82 Å². The highest BCUT2D eigenvalue weighted by Gasteiger charge is 2.25. The van der Waals surface area contributed by atoms with Gasteiger partial charge in [0, 0.05) is 24.5 Å². The molecule has 0 bridgehead atoms. The summed E-state index contributed by atoms with van der Waals surface area (Å²) < 4.78 is 0. The van der Waals surface area contributed by atoms with Crippen LogP contribution in [0.3, 0.4) is 0 Å². The molecule has 0 radical (unpaired) electrons. The van der Waals surface area contributed by atoms with Crippen LogP contribution in [-0.2, 0) is 17.8 Å². The summed E-state index contributed by atoms with van der Waals surface area (Å²) in [4.78, 5) is 33.0. The maximum absolute atomic E-state index is 12.1. The van der Waals surface area contributed by atoms with Crippen molar-refractivity contribution in [3.63, 3.8) is 0 Å². The first-order valence-electron chi connectivity index (χ1n) is 6.57. The van der Waals surface area contributed by atoms with Gasteiger partial charge in [0.15, 0.2) is 0 Å². The molecule has 1 N–H and O–H groups in total. The van der Waals surface area contributed by atoms with Crippen molar-refractivity contribution in [1.82, 2.24) is 9.97 Å². The number of aromatic carboxylic acids is 1. The van der Waals surface area contributed by atoms with Gasteiger partial charge in [0.25, 0.3) is 0 Å². The highest BCUT2D eigenvalue weighted by molar-refractivity contribution is 5.97.